The van der Waals surface area contributed by atoms with Gasteiger partial charge in [-0.3, -0.25) is 0 Å². The lowest BCUT2D eigenvalue weighted by Gasteiger charge is -1.98. The van der Waals surface area contributed by atoms with Gasteiger partial charge in [-0.25, -0.2) is 9.59 Å². The van der Waals surface area contributed by atoms with Crippen molar-refractivity contribution in [1.29, 1.82) is 0 Å². The predicted molar refractivity (Wildman–Crippen MR) is 43.9 cm³/mol. The van der Waals surface area contributed by atoms with E-state index in [2.05, 4.69) is 4.42 Å². The first kappa shape index (κ1) is 7.60. The van der Waals surface area contributed by atoms with Crippen LogP contribution in [0.15, 0.2) is 38.3 Å². The molecule has 0 radical (unpaired) electrons. The Morgan fingerprint density at radius 3 is 2.69 bits per heavy atom. The van der Waals surface area contributed by atoms with E-state index in [0.29, 0.717) is 4.73 Å². The third-order valence-corrected chi connectivity index (χ3v) is 1.71. The van der Waals surface area contributed by atoms with Gasteiger partial charge in [0.2, 0.25) is 0 Å². The summed E-state index contributed by atoms with van der Waals surface area (Å²) in [5, 5.41) is 9.33. The van der Waals surface area contributed by atoms with Gasteiger partial charge >= 0.3 is 11.4 Å². The number of hydrogen-bond acceptors (Lipinski definition) is 4. The van der Waals surface area contributed by atoms with Crippen LogP contribution in [0.25, 0.3) is 10.9 Å². The molecule has 0 atom stereocenters. The van der Waals surface area contributed by atoms with Gasteiger partial charge in [-0.1, -0.05) is 12.1 Å². The van der Waals surface area contributed by atoms with Crippen LogP contribution in [-0.4, -0.2) is 9.94 Å². The van der Waals surface area contributed by atoms with E-state index in [1.54, 1.807) is 12.1 Å². The summed E-state index contributed by atoms with van der Waals surface area (Å²) < 4.78 is 4.53. The summed E-state index contributed by atoms with van der Waals surface area (Å²) in [6.45, 7) is 0. The number of para-hydroxylation sites is 1. The molecule has 66 valence electrons. The van der Waals surface area contributed by atoms with Gasteiger partial charge in [0.1, 0.15) is 5.52 Å². The fourth-order valence-corrected chi connectivity index (χ4v) is 1.11. The van der Waals surface area contributed by atoms with Crippen LogP contribution < -0.4 is 11.4 Å². The van der Waals surface area contributed by atoms with E-state index in [0.717, 1.165) is 0 Å². The number of benzene rings is 1. The van der Waals surface area contributed by atoms with Gasteiger partial charge in [0, 0.05) is 0 Å². The molecule has 0 spiro atoms. The van der Waals surface area contributed by atoms with Crippen molar-refractivity contribution >= 4 is 10.9 Å². The molecule has 0 aliphatic rings. The van der Waals surface area contributed by atoms with Gasteiger partial charge in [-0.05, 0) is 12.1 Å². The molecule has 2 rings (SSSR count). The number of fused-ring (bicyclic) bond motifs is 1. The van der Waals surface area contributed by atoms with Crippen LogP contribution in [0.4, 0.5) is 0 Å². The van der Waals surface area contributed by atoms with Crippen LogP contribution in [0.5, 0.6) is 0 Å². The Hall–Kier alpha value is -2.04. The molecule has 5 heteroatoms. The molecular weight excluding hydrogens is 174 g/mol. The van der Waals surface area contributed by atoms with Gasteiger partial charge in [0.25, 0.3) is 0 Å². The van der Waals surface area contributed by atoms with Crippen LogP contribution in [0.2, 0.25) is 0 Å². The zero-order valence-corrected chi connectivity index (χ0v) is 6.43. The lowest BCUT2D eigenvalue weighted by molar-refractivity contribution is 0.155. The van der Waals surface area contributed by atoms with Crippen LogP contribution >= 0.6 is 0 Å². The Morgan fingerprint density at radius 2 is 1.92 bits per heavy atom. The summed E-state index contributed by atoms with van der Waals surface area (Å²) in [4.78, 5) is 21.9. The first-order valence-corrected chi connectivity index (χ1v) is 3.54. The van der Waals surface area contributed by atoms with Crippen molar-refractivity contribution in [2.24, 2.45) is 0 Å². The first-order valence-electron chi connectivity index (χ1n) is 3.54. The second-order valence-electron chi connectivity index (χ2n) is 2.48. The Labute approximate surface area is 71.4 Å². The standard InChI is InChI=1S/C8H5NO4/c10-7-5-3-1-2-4-6(5)9(12)8(11)13-7/h1-4,12H. The van der Waals surface area contributed by atoms with Crippen molar-refractivity contribution < 1.29 is 9.62 Å². The smallest absolute Gasteiger partial charge is 0.422 e. The molecule has 5 nitrogen and oxygen atoms in total. The molecule has 0 unspecified atom stereocenters. The quantitative estimate of drug-likeness (QED) is 0.586. The summed E-state index contributed by atoms with van der Waals surface area (Å²) in [6, 6.07) is 6.14. The number of nitrogens with zero attached hydrogens (tertiary/aromatic N) is 1. The van der Waals surface area contributed by atoms with E-state index in [-0.39, 0.29) is 10.9 Å². The highest BCUT2D eigenvalue weighted by atomic mass is 16.5. The summed E-state index contributed by atoms with van der Waals surface area (Å²) >= 11 is 0. The van der Waals surface area contributed by atoms with E-state index in [1.165, 1.54) is 12.1 Å². The van der Waals surface area contributed by atoms with Crippen molar-refractivity contribution in [3.8, 4) is 0 Å². The SMILES string of the molecule is O=c1oc(=O)n(O)c2ccccc12. The number of aromatic nitrogens is 1. The Bertz CT molecular complexity index is 566. The molecule has 0 aliphatic carbocycles. The average Bonchev–Trinajstić information content (AvgIpc) is 2.15. The van der Waals surface area contributed by atoms with E-state index < -0.39 is 11.4 Å². The maximum absolute atomic E-state index is 11.1. The molecule has 2 aromatic rings. The molecule has 0 aliphatic heterocycles. The summed E-state index contributed by atoms with van der Waals surface area (Å²) in [5.74, 6) is -1.08. The molecule has 1 aromatic heterocycles. The van der Waals surface area contributed by atoms with Crippen molar-refractivity contribution in [2.75, 3.05) is 0 Å². The molecule has 1 N–H and O–H groups in total. The summed E-state index contributed by atoms with van der Waals surface area (Å²) in [7, 11) is 0. The van der Waals surface area contributed by atoms with Crippen molar-refractivity contribution in [3.63, 3.8) is 0 Å². The largest absolute Gasteiger partial charge is 0.455 e. The normalized spacial score (nSPS) is 10.5. The van der Waals surface area contributed by atoms with Gasteiger partial charge < -0.3 is 9.62 Å². The first-order chi connectivity index (χ1) is 6.20. The maximum Gasteiger partial charge on any atom is 0.455 e. The summed E-state index contributed by atoms with van der Waals surface area (Å²) in [5.41, 5.74) is -0.602. The van der Waals surface area contributed by atoms with Gasteiger partial charge in [0.15, 0.2) is 0 Å². The Morgan fingerprint density at radius 1 is 1.23 bits per heavy atom. The molecule has 0 fully saturated rings. The minimum atomic E-state index is -1.08. The molecule has 1 heterocycles. The highest BCUT2D eigenvalue weighted by Gasteiger charge is 2.05. The van der Waals surface area contributed by atoms with E-state index >= 15 is 0 Å². The molecule has 0 saturated heterocycles. The fourth-order valence-electron chi connectivity index (χ4n) is 1.11. The second kappa shape index (κ2) is 2.48. The van der Waals surface area contributed by atoms with E-state index in [9.17, 15) is 9.59 Å². The van der Waals surface area contributed by atoms with Crippen LogP contribution in [0.3, 0.4) is 0 Å². The van der Waals surface area contributed by atoms with Crippen molar-refractivity contribution in [2.45, 2.75) is 0 Å². The van der Waals surface area contributed by atoms with Crippen LogP contribution in [0, 0.1) is 0 Å². The zero-order valence-electron chi connectivity index (χ0n) is 6.43. The highest BCUT2D eigenvalue weighted by Crippen LogP contribution is 2.04. The fraction of sp³-hybridized carbons (Fsp3) is 0. The minimum absolute atomic E-state index is 0.142. The van der Waals surface area contributed by atoms with Crippen molar-refractivity contribution in [1.82, 2.24) is 4.73 Å². The number of rotatable bonds is 0. The van der Waals surface area contributed by atoms with E-state index in [1.807, 2.05) is 0 Å². The molecule has 0 amide bonds. The zero-order chi connectivity index (χ0) is 9.42. The molecule has 0 bridgehead atoms. The predicted octanol–water partition coefficient (Wildman–Crippen LogP) is 0.192. The van der Waals surface area contributed by atoms with Crippen molar-refractivity contribution in [3.05, 3.63) is 45.2 Å². The van der Waals surface area contributed by atoms with Gasteiger partial charge in [-0.15, -0.1) is 4.73 Å². The topological polar surface area (TPSA) is 72.4 Å². The van der Waals surface area contributed by atoms with E-state index in [4.69, 9.17) is 5.21 Å². The van der Waals surface area contributed by atoms with Crippen LogP contribution in [-0.2, 0) is 0 Å². The average molecular weight is 179 g/mol. The minimum Gasteiger partial charge on any atom is -0.422 e. The maximum atomic E-state index is 11.1. The highest BCUT2D eigenvalue weighted by molar-refractivity contribution is 5.76. The van der Waals surface area contributed by atoms with Gasteiger partial charge in [0.05, 0.1) is 5.39 Å². The lowest BCUT2D eigenvalue weighted by atomic mass is 10.2. The molecular formula is C8H5NO4. The molecule has 0 saturated carbocycles. The lowest BCUT2D eigenvalue weighted by Crippen LogP contribution is -2.22. The summed E-state index contributed by atoms with van der Waals surface area (Å²) in [6.07, 6.45) is 0. The third-order valence-electron chi connectivity index (χ3n) is 1.71. The van der Waals surface area contributed by atoms with Gasteiger partial charge in [-0.2, -0.15) is 0 Å². The monoisotopic (exact) mass is 179 g/mol. The second-order valence-corrected chi connectivity index (χ2v) is 2.48. The molecule has 13 heavy (non-hydrogen) atoms. The molecule has 1 aromatic carbocycles. The third kappa shape index (κ3) is 1.01. The number of hydrogen-bond donors (Lipinski definition) is 1. The van der Waals surface area contributed by atoms with Crippen LogP contribution in [0.1, 0.15) is 0 Å². The Kier molecular flexibility index (Phi) is 1.45. The Balaban J connectivity index is 3.15.